The number of aromatic nitrogens is 3. The molecule has 1 atom stereocenters. The van der Waals surface area contributed by atoms with Crippen molar-refractivity contribution in [2.24, 2.45) is 0 Å². The number of piperidine rings is 1. The Hall–Kier alpha value is -2.44. The largest absolute Gasteiger partial charge is 0.472 e. The molecule has 0 spiro atoms. The first-order chi connectivity index (χ1) is 10.2. The van der Waals surface area contributed by atoms with Gasteiger partial charge in [0.1, 0.15) is 11.9 Å². The molecule has 0 radical (unpaired) electrons. The lowest BCUT2D eigenvalue weighted by atomic mass is 10.1. The summed E-state index contributed by atoms with van der Waals surface area (Å²) in [6, 6.07) is 3.30. The number of hydrogen-bond acceptors (Lipinski definition) is 6. The highest BCUT2D eigenvalue weighted by Crippen LogP contribution is 2.18. The van der Waals surface area contributed by atoms with E-state index in [9.17, 15) is 4.79 Å². The summed E-state index contributed by atoms with van der Waals surface area (Å²) in [6.45, 7) is 3.03. The van der Waals surface area contributed by atoms with Gasteiger partial charge in [-0.2, -0.15) is 4.98 Å². The number of rotatable bonds is 3. The van der Waals surface area contributed by atoms with Crippen LogP contribution in [0.3, 0.4) is 0 Å². The average molecular weight is 288 g/mol. The highest BCUT2D eigenvalue weighted by molar-refractivity contribution is 5.91. The van der Waals surface area contributed by atoms with E-state index in [0.717, 1.165) is 12.8 Å². The molecule has 1 saturated heterocycles. The second kappa shape index (κ2) is 5.90. The third kappa shape index (κ3) is 3.18. The highest BCUT2D eigenvalue weighted by atomic mass is 16.5. The van der Waals surface area contributed by atoms with Crippen LogP contribution < -0.4 is 4.74 Å². The maximum atomic E-state index is 12.2. The number of hydrogen-bond donors (Lipinski definition) is 0. The van der Waals surface area contributed by atoms with Crippen molar-refractivity contribution < 1.29 is 14.1 Å². The van der Waals surface area contributed by atoms with Crippen molar-refractivity contribution in [2.75, 3.05) is 13.1 Å². The molecule has 2 aromatic heterocycles. The van der Waals surface area contributed by atoms with Gasteiger partial charge >= 0.3 is 0 Å². The maximum Gasteiger partial charge on any atom is 0.292 e. The average Bonchev–Trinajstić information content (AvgIpc) is 3.01. The number of ether oxygens (including phenoxy) is 1. The van der Waals surface area contributed by atoms with E-state index in [-0.39, 0.29) is 17.8 Å². The second-order valence-electron chi connectivity index (χ2n) is 4.95. The van der Waals surface area contributed by atoms with Gasteiger partial charge in [0.2, 0.25) is 11.6 Å². The molecule has 3 rings (SSSR count). The summed E-state index contributed by atoms with van der Waals surface area (Å²) in [5.74, 6) is 1.31. The van der Waals surface area contributed by atoms with Crippen LogP contribution in [0.15, 0.2) is 29.0 Å². The Labute approximate surface area is 121 Å². The van der Waals surface area contributed by atoms with Crippen LogP contribution in [0, 0.1) is 6.92 Å². The predicted molar refractivity (Wildman–Crippen MR) is 72.8 cm³/mol. The minimum absolute atomic E-state index is 0.0695. The molecular weight excluding hydrogens is 272 g/mol. The van der Waals surface area contributed by atoms with Gasteiger partial charge in [0.25, 0.3) is 5.91 Å². The first kappa shape index (κ1) is 13.5. The number of aryl methyl sites for hydroxylation is 1. The van der Waals surface area contributed by atoms with Crippen LogP contribution in [0.2, 0.25) is 0 Å². The zero-order chi connectivity index (χ0) is 14.7. The first-order valence-corrected chi connectivity index (χ1v) is 6.88. The summed E-state index contributed by atoms with van der Waals surface area (Å²) in [7, 11) is 0. The molecule has 3 heterocycles. The van der Waals surface area contributed by atoms with Crippen LogP contribution in [0.5, 0.6) is 5.88 Å². The SMILES string of the molecule is Cc1nccc(OC2CCCN(C(=O)c3ccno3)C2)n1. The standard InChI is InChI=1S/C14H16N4O3/c1-10-15-6-5-13(17-10)20-11-3-2-8-18(9-11)14(19)12-4-7-16-21-12/h4-7,11H,2-3,8-9H2,1H3. The van der Waals surface area contributed by atoms with Crippen LogP contribution >= 0.6 is 0 Å². The third-order valence-corrected chi connectivity index (χ3v) is 3.35. The van der Waals surface area contributed by atoms with Crippen molar-refractivity contribution in [3.05, 3.63) is 36.1 Å². The molecule has 7 nitrogen and oxygen atoms in total. The number of carbonyl (C=O) groups excluding carboxylic acids is 1. The second-order valence-corrected chi connectivity index (χ2v) is 4.95. The van der Waals surface area contributed by atoms with Crippen LogP contribution in [-0.2, 0) is 0 Å². The molecule has 0 N–H and O–H groups in total. The molecule has 21 heavy (non-hydrogen) atoms. The fraction of sp³-hybridized carbons (Fsp3) is 0.429. The lowest BCUT2D eigenvalue weighted by molar-refractivity contribution is 0.0492. The summed E-state index contributed by atoms with van der Waals surface area (Å²) in [5.41, 5.74) is 0. The normalized spacial score (nSPS) is 18.5. The van der Waals surface area contributed by atoms with E-state index in [1.165, 1.54) is 6.20 Å². The van der Waals surface area contributed by atoms with Gasteiger partial charge in [0.05, 0.1) is 12.7 Å². The Morgan fingerprint density at radius 1 is 1.43 bits per heavy atom. The quantitative estimate of drug-likeness (QED) is 0.850. The Morgan fingerprint density at radius 2 is 2.33 bits per heavy atom. The number of carbonyl (C=O) groups is 1. The highest BCUT2D eigenvalue weighted by Gasteiger charge is 2.27. The van der Waals surface area contributed by atoms with Gasteiger partial charge in [-0.25, -0.2) is 4.98 Å². The Balaban J connectivity index is 1.64. The summed E-state index contributed by atoms with van der Waals surface area (Å²) < 4.78 is 10.8. The fourth-order valence-electron chi connectivity index (χ4n) is 2.37. The van der Waals surface area contributed by atoms with E-state index >= 15 is 0 Å². The Kier molecular flexibility index (Phi) is 3.81. The van der Waals surface area contributed by atoms with Crippen LogP contribution in [0.1, 0.15) is 29.2 Å². The van der Waals surface area contributed by atoms with Gasteiger partial charge < -0.3 is 14.2 Å². The summed E-state index contributed by atoms with van der Waals surface area (Å²) in [5, 5.41) is 3.56. The van der Waals surface area contributed by atoms with Gasteiger partial charge in [-0.1, -0.05) is 5.16 Å². The molecule has 2 aromatic rings. The summed E-state index contributed by atoms with van der Waals surface area (Å²) in [6.07, 6.45) is 4.84. The first-order valence-electron chi connectivity index (χ1n) is 6.88. The van der Waals surface area contributed by atoms with Crippen LogP contribution in [-0.4, -0.2) is 45.1 Å². The molecule has 0 saturated carbocycles. The molecule has 0 aliphatic carbocycles. The van der Waals surface area contributed by atoms with Crippen molar-refractivity contribution in [3.8, 4) is 5.88 Å². The van der Waals surface area contributed by atoms with Crippen molar-refractivity contribution in [3.63, 3.8) is 0 Å². The molecular formula is C14H16N4O3. The third-order valence-electron chi connectivity index (χ3n) is 3.35. The van der Waals surface area contributed by atoms with E-state index in [1.54, 1.807) is 23.2 Å². The molecule has 7 heteroatoms. The molecule has 1 unspecified atom stereocenters. The molecule has 110 valence electrons. The van der Waals surface area contributed by atoms with E-state index in [1.807, 2.05) is 6.92 Å². The smallest absolute Gasteiger partial charge is 0.292 e. The zero-order valence-corrected chi connectivity index (χ0v) is 11.7. The van der Waals surface area contributed by atoms with Crippen LogP contribution in [0.25, 0.3) is 0 Å². The minimum atomic E-state index is -0.153. The van der Waals surface area contributed by atoms with Gasteiger partial charge in [0, 0.05) is 24.9 Å². The Morgan fingerprint density at radius 3 is 3.10 bits per heavy atom. The summed E-state index contributed by atoms with van der Waals surface area (Å²) >= 11 is 0. The van der Waals surface area contributed by atoms with Gasteiger partial charge in [-0.3, -0.25) is 4.79 Å². The fourth-order valence-corrected chi connectivity index (χ4v) is 2.37. The lowest BCUT2D eigenvalue weighted by Crippen LogP contribution is -2.44. The number of amides is 1. The van der Waals surface area contributed by atoms with Gasteiger partial charge in [-0.15, -0.1) is 0 Å². The van der Waals surface area contributed by atoms with Crippen molar-refractivity contribution in [1.82, 2.24) is 20.0 Å². The molecule has 1 aliphatic rings. The number of likely N-dealkylation sites (tertiary alicyclic amines) is 1. The van der Waals surface area contributed by atoms with Crippen molar-refractivity contribution >= 4 is 5.91 Å². The number of nitrogens with zero attached hydrogens (tertiary/aromatic N) is 4. The maximum absolute atomic E-state index is 12.2. The predicted octanol–water partition coefficient (Wildman–Crippen LogP) is 1.46. The molecule has 1 amide bonds. The van der Waals surface area contributed by atoms with E-state index in [4.69, 9.17) is 9.26 Å². The van der Waals surface area contributed by atoms with E-state index in [0.29, 0.717) is 24.8 Å². The minimum Gasteiger partial charge on any atom is -0.472 e. The van der Waals surface area contributed by atoms with Crippen LogP contribution in [0.4, 0.5) is 0 Å². The Bertz CT molecular complexity index is 614. The molecule has 1 fully saturated rings. The topological polar surface area (TPSA) is 81.4 Å². The van der Waals surface area contributed by atoms with Gasteiger partial charge in [0.15, 0.2) is 0 Å². The van der Waals surface area contributed by atoms with Gasteiger partial charge in [-0.05, 0) is 19.8 Å². The zero-order valence-electron chi connectivity index (χ0n) is 11.7. The monoisotopic (exact) mass is 288 g/mol. The van der Waals surface area contributed by atoms with Crippen molar-refractivity contribution in [2.45, 2.75) is 25.9 Å². The summed E-state index contributed by atoms with van der Waals surface area (Å²) in [4.78, 5) is 22.2. The molecule has 0 bridgehead atoms. The molecule has 1 aliphatic heterocycles. The van der Waals surface area contributed by atoms with E-state index in [2.05, 4.69) is 15.1 Å². The lowest BCUT2D eigenvalue weighted by Gasteiger charge is -2.31. The van der Waals surface area contributed by atoms with E-state index < -0.39 is 0 Å². The molecule has 0 aromatic carbocycles. The van der Waals surface area contributed by atoms with Crippen molar-refractivity contribution in [1.29, 1.82) is 0 Å².